The molecule has 2 aromatic rings. The average molecular weight is 349 g/mol. The zero-order chi connectivity index (χ0) is 12.3. The van der Waals surface area contributed by atoms with E-state index in [0.29, 0.717) is 0 Å². The van der Waals surface area contributed by atoms with E-state index in [9.17, 15) is 0 Å². The Morgan fingerprint density at radius 1 is 0.667 bits per heavy atom. The van der Waals surface area contributed by atoms with Gasteiger partial charge in [-0.05, 0) is 23.7 Å². The number of benzene rings is 2. The first-order chi connectivity index (χ1) is 8.09. The maximum absolute atomic E-state index is 2.33. The summed E-state index contributed by atoms with van der Waals surface area (Å²) in [6.45, 7) is 7.00. The molecule has 0 bridgehead atoms. The smallest absolute Gasteiger partial charge is 0.0622 e. The van der Waals surface area contributed by atoms with Crippen molar-refractivity contribution < 1.29 is 20.4 Å². The summed E-state index contributed by atoms with van der Waals surface area (Å²) in [5.41, 5.74) is 0. The summed E-state index contributed by atoms with van der Waals surface area (Å²) in [7, 11) is -0.292. The van der Waals surface area contributed by atoms with Gasteiger partial charge >= 0.3 is 20.4 Å². The van der Waals surface area contributed by atoms with Crippen LogP contribution in [0.5, 0.6) is 0 Å². The largest absolute Gasteiger partial charge is 2.00 e. The van der Waals surface area contributed by atoms with Gasteiger partial charge in [-0.2, -0.15) is 0 Å². The first-order valence-corrected chi connectivity index (χ1v) is 7.33. The molecule has 0 unspecified atom stereocenters. The van der Waals surface area contributed by atoms with Crippen molar-refractivity contribution in [1.82, 2.24) is 0 Å². The molecule has 0 aliphatic rings. The topological polar surface area (TPSA) is 0 Å². The molecular weight excluding hydrogens is 330 g/mol. The Labute approximate surface area is 125 Å². The van der Waals surface area contributed by atoms with Gasteiger partial charge in [-0.25, -0.2) is 0 Å². The van der Waals surface area contributed by atoms with E-state index in [-0.39, 0.29) is 33.5 Å². The molecule has 0 fully saturated rings. The standard InChI is InChI=1S/C16H19P.Pd/c1-16(2,3)17(14-10-6-4-7-11-14)15-12-8-5-9-13-15;/h4-13H,1-3H3;/q;+2. The van der Waals surface area contributed by atoms with Crippen LogP contribution in [0.4, 0.5) is 0 Å². The van der Waals surface area contributed by atoms with Crippen LogP contribution < -0.4 is 10.6 Å². The van der Waals surface area contributed by atoms with Crippen molar-refractivity contribution in [1.29, 1.82) is 0 Å². The van der Waals surface area contributed by atoms with Crippen molar-refractivity contribution in [3.05, 3.63) is 60.7 Å². The molecule has 0 N–H and O–H groups in total. The SMILES string of the molecule is CC(C)(C)P(c1ccccc1)c1ccccc1.[Pd+2]. The molecule has 0 radical (unpaired) electrons. The van der Waals surface area contributed by atoms with Gasteiger partial charge in [0.25, 0.3) is 0 Å². The van der Waals surface area contributed by atoms with Crippen molar-refractivity contribution in [2.75, 3.05) is 0 Å². The third-order valence-corrected chi connectivity index (χ3v) is 5.67. The molecule has 0 spiro atoms. The zero-order valence-corrected chi connectivity index (χ0v) is 13.5. The van der Waals surface area contributed by atoms with Gasteiger partial charge in [0.2, 0.25) is 0 Å². The second-order valence-corrected chi connectivity index (χ2v) is 8.22. The number of hydrogen-bond donors (Lipinski definition) is 0. The minimum Gasteiger partial charge on any atom is -0.0622 e. The summed E-state index contributed by atoms with van der Waals surface area (Å²) in [6.07, 6.45) is 0. The van der Waals surface area contributed by atoms with Gasteiger partial charge < -0.3 is 0 Å². The Morgan fingerprint density at radius 2 is 1.00 bits per heavy atom. The molecule has 0 nitrogen and oxygen atoms in total. The summed E-state index contributed by atoms with van der Waals surface area (Å²) in [5, 5.41) is 3.21. The molecule has 0 saturated carbocycles. The van der Waals surface area contributed by atoms with E-state index in [2.05, 4.69) is 81.4 Å². The fourth-order valence-corrected chi connectivity index (χ4v) is 4.87. The van der Waals surface area contributed by atoms with Crippen molar-refractivity contribution in [3.8, 4) is 0 Å². The maximum atomic E-state index is 2.33. The van der Waals surface area contributed by atoms with Gasteiger partial charge in [0, 0.05) is 0 Å². The monoisotopic (exact) mass is 348 g/mol. The average Bonchev–Trinajstić information content (AvgIpc) is 2.30. The molecule has 0 aliphatic heterocycles. The van der Waals surface area contributed by atoms with Crippen LogP contribution in [0.15, 0.2) is 60.7 Å². The summed E-state index contributed by atoms with van der Waals surface area (Å²) in [5.74, 6) is 0. The Hall–Kier alpha value is -0.468. The van der Waals surface area contributed by atoms with Gasteiger partial charge in [-0.3, -0.25) is 0 Å². The van der Waals surface area contributed by atoms with Crippen LogP contribution in [-0.4, -0.2) is 5.16 Å². The maximum Gasteiger partial charge on any atom is 2.00 e. The van der Waals surface area contributed by atoms with Gasteiger partial charge in [0.05, 0.1) is 0 Å². The van der Waals surface area contributed by atoms with E-state index >= 15 is 0 Å². The van der Waals surface area contributed by atoms with Crippen LogP contribution in [0.2, 0.25) is 0 Å². The minimum atomic E-state index is -0.292. The molecule has 0 amide bonds. The van der Waals surface area contributed by atoms with Crippen LogP contribution in [0.3, 0.4) is 0 Å². The van der Waals surface area contributed by atoms with Crippen molar-refractivity contribution >= 4 is 18.5 Å². The number of hydrogen-bond acceptors (Lipinski definition) is 0. The Bertz CT molecular complexity index is 420. The van der Waals surface area contributed by atoms with Crippen LogP contribution >= 0.6 is 7.92 Å². The van der Waals surface area contributed by atoms with Crippen molar-refractivity contribution in [2.45, 2.75) is 25.9 Å². The first-order valence-electron chi connectivity index (χ1n) is 5.99. The summed E-state index contributed by atoms with van der Waals surface area (Å²) in [4.78, 5) is 0. The van der Waals surface area contributed by atoms with Crippen LogP contribution in [0.25, 0.3) is 0 Å². The zero-order valence-electron chi connectivity index (χ0n) is 11.0. The molecular formula is C16H19PPd+2. The van der Waals surface area contributed by atoms with E-state index in [4.69, 9.17) is 0 Å². The van der Waals surface area contributed by atoms with Crippen molar-refractivity contribution in [3.63, 3.8) is 0 Å². The summed E-state index contributed by atoms with van der Waals surface area (Å²) >= 11 is 0. The summed E-state index contributed by atoms with van der Waals surface area (Å²) < 4.78 is 0. The quantitative estimate of drug-likeness (QED) is 0.570. The van der Waals surface area contributed by atoms with Crippen LogP contribution in [-0.2, 0) is 20.4 Å². The van der Waals surface area contributed by atoms with E-state index < -0.39 is 0 Å². The van der Waals surface area contributed by atoms with Gasteiger partial charge in [-0.1, -0.05) is 81.4 Å². The molecule has 2 heteroatoms. The third-order valence-electron chi connectivity index (χ3n) is 2.70. The van der Waals surface area contributed by atoms with E-state index in [1.807, 2.05) is 0 Å². The predicted molar refractivity (Wildman–Crippen MR) is 78.8 cm³/mol. The van der Waals surface area contributed by atoms with Gasteiger partial charge in [0.15, 0.2) is 0 Å². The van der Waals surface area contributed by atoms with Gasteiger partial charge in [-0.15, -0.1) is 0 Å². The molecule has 0 aliphatic carbocycles. The second-order valence-electron chi connectivity index (χ2n) is 5.18. The molecule has 96 valence electrons. The molecule has 0 aromatic heterocycles. The van der Waals surface area contributed by atoms with Crippen LogP contribution in [0, 0.1) is 0 Å². The normalized spacial score (nSPS) is 11.1. The fourth-order valence-electron chi connectivity index (χ4n) is 2.08. The molecule has 0 saturated heterocycles. The molecule has 2 aromatic carbocycles. The number of rotatable bonds is 2. The third kappa shape index (κ3) is 3.76. The Morgan fingerprint density at radius 3 is 1.28 bits per heavy atom. The van der Waals surface area contributed by atoms with E-state index in [1.165, 1.54) is 10.6 Å². The van der Waals surface area contributed by atoms with Gasteiger partial charge in [0.1, 0.15) is 0 Å². The summed E-state index contributed by atoms with van der Waals surface area (Å²) in [6, 6.07) is 21.7. The Kier molecular flexibility index (Phi) is 5.74. The Balaban J connectivity index is 0.00000162. The van der Waals surface area contributed by atoms with Crippen LogP contribution in [0.1, 0.15) is 20.8 Å². The molecule has 18 heavy (non-hydrogen) atoms. The van der Waals surface area contributed by atoms with E-state index in [0.717, 1.165) is 0 Å². The van der Waals surface area contributed by atoms with Crippen molar-refractivity contribution in [2.24, 2.45) is 0 Å². The first kappa shape index (κ1) is 15.6. The molecule has 2 rings (SSSR count). The minimum absolute atomic E-state index is 0. The molecule has 0 atom stereocenters. The fraction of sp³-hybridized carbons (Fsp3) is 0.250. The van der Waals surface area contributed by atoms with E-state index in [1.54, 1.807) is 0 Å². The molecule has 0 heterocycles. The second kappa shape index (κ2) is 6.63. The predicted octanol–water partition coefficient (Wildman–Crippen LogP) is 3.92.